The third kappa shape index (κ3) is 2.96. The Labute approximate surface area is 226 Å². The zero-order chi connectivity index (χ0) is 26.9. The van der Waals surface area contributed by atoms with Gasteiger partial charge in [-0.3, -0.25) is 4.79 Å². The summed E-state index contributed by atoms with van der Waals surface area (Å²) in [5, 5.41) is 24.3. The first-order valence-corrected chi connectivity index (χ1v) is 14.4. The van der Waals surface area contributed by atoms with Gasteiger partial charge in [0.2, 0.25) is 12.1 Å². The lowest BCUT2D eigenvalue weighted by Crippen LogP contribution is -2.71. The molecule has 8 aliphatic rings. The second-order valence-corrected chi connectivity index (χ2v) is 13.2. The van der Waals surface area contributed by atoms with Gasteiger partial charge in [0.1, 0.15) is 24.9 Å². The molecule has 6 fully saturated rings. The van der Waals surface area contributed by atoms with Gasteiger partial charge in [0.15, 0.2) is 12.6 Å². The number of carbonyl (C=O) groups is 2. The van der Waals surface area contributed by atoms with Gasteiger partial charge in [-0.1, -0.05) is 18.6 Å². The molecule has 0 aromatic carbocycles. The van der Waals surface area contributed by atoms with E-state index in [-0.39, 0.29) is 49.3 Å². The highest BCUT2D eigenvalue weighted by Gasteiger charge is 2.74. The SMILES string of the molecule is CC12CC3OC45OCOC4CCOC5OC3C=C1CCC1C2C(O)C(=O)C2(C)C(C3=CC(=O)OC3)CCC12O. The van der Waals surface area contributed by atoms with Crippen molar-refractivity contribution in [3.63, 3.8) is 0 Å². The number of cyclic esters (lactones) is 1. The molecule has 39 heavy (non-hydrogen) atoms. The van der Waals surface area contributed by atoms with E-state index in [9.17, 15) is 19.8 Å². The van der Waals surface area contributed by atoms with Crippen LogP contribution < -0.4 is 0 Å². The van der Waals surface area contributed by atoms with Crippen LogP contribution in [-0.2, 0) is 38.0 Å². The summed E-state index contributed by atoms with van der Waals surface area (Å²) >= 11 is 0. The molecule has 2 N–H and O–H groups in total. The standard InChI is InChI=1S/C29H36O10/c1-26-11-19-18(38-25-29(39-19)20(6-8-34-25)36-13-37-29)10-15(26)3-4-17-22(26)23(31)24(32)27(2)16(5-7-28(17,27)33)14-9-21(30)35-12-14/h9-10,16-20,22-23,25,31,33H,3-8,11-13H2,1-2H3. The minimum Gasteiger partial charge on any atom is -0.458 e. The molecule has 1 spiro atoms. The highest BCUT2D eigenvalue weighted by molar-refractivity contribution is 5.93. The molecule has 12 unspecified atom stereocenters. The normalized spacial score (nSPS) is 55.8. The molecule has 0 aromatic heterocycles. The number of ether oxygens (including phenoxy) is 6. The number of fused-ring (bicyclic) bond motifs is 6. The van der Waals surface area contributed by atoms with Crippen molar-refractivity contribution in [2.45, 2.75) is 94.5 Å². The highest BCUT2D eigenvalue weighted by Crippen LogP contribution is 2.68. The number of allylic oxidation sites excluding steroid dienone is 1. The molecule has 4 aliphatic carbocycles. The van der Waals surface area contributed by atoms with Crippen LogP contribution >= 0.6 is 0 Å². The topological polar surface area (TPSA) is 130 Å². The van der Waals surface area contributed by atoms with E-state index >= 15 is 0 Å². The summed E-state index contributed by atoms with van der Waals surface area (Å²) in [4.78, 5) is 26.0. The Morgan fingerprint density at radius 3 is 2.74 bits per heavy atom. The van der Waals surface area contributed by atoms with E-state index in [1.807, 2.05) is 0 Å². The van der Waals surface area contributed by atoms with Gasteiger partial charge in [-0.2, -0.15) is 0 Å². The van der Waals surface area contributed by atoms with Crippen LogP contribution in [-0.4, -0.2) is 84.1 Å². The summed E-state index contributed by atoms with van der Waals surface area (Å²) in [6.07, 6.45) is 4.18. The van der Waals surface area contributed by atoms with Gasteiger partial charge in [-0.05, 0) is 61.9 Å². The Bertz CT molecular complexity index is 1200. The molecule has 3 saturated heterocycles. The van der Waals surface area contributed by atoms with Crippen LogP contribution in [0.5, 0.6) is 0 Å². The van der Waals surface area contributed by atoms with Gasteiger partial charge in [-0.25, -0.2) is 4.79 Å². The van der Waals surface area contributed by atoms with Crippen LogP contribution in [0.15, 0.2) is 23.3 Å². The molecule has 4 aliphatic heterocycles. The van der Waals surface area contributed by atoms with Gasteiger partial charge < -0.3 is 38.6 Å². The largest absolute Gasteiger partial charge is 0.458 e. The van der Waals surface area contributed by atoms with Crippen molar-refractivity contribution in [2.24, 2.45) is 28.6 Å². The van der Waals surface area contributed by atoms with Crippen LogP contribution in [0.1, 0.15) is 52.4 Å². The molecule has 0 bridgehead atoms. The Kier molecular flexibility index (Phi) is 5.14. The minimum atomic E-state index is -1.30. The van der Waals surface area contributed by atoms with Crippen LogP contribution in [0, 0.1) is 28.6 Å². The fraction of sp³-hybridized carbons (Fsp3) is 0.793. The number of rotatable bonds is 1. The first-order chi connectivity index (χ1) is 18.6. The van der Waals surface area contributed by atoms with Crippen LogP contribution in [0.25, 0.3) is 0 Å². The molecule has 12 atom stereocenters. The fourth-order valence-corrected chi connectivity index (χ4v) is 9.94. The number of aliphatic hydroxyl groups is 2. The number of esters is 1. The van der Waals surface area contributed by atoms with Crippen molar-refractivity contribution in [3.05, 3.63) is 23.3 Å². The molecule has 0 radical (unpaired) electrons. The van der Waals surface area contributed by atoms with E-state index in [0.717, 1.165) is 17.6 Å². The molecule has 10 heteroatoms. The number of hydrogen-bond acceptors (Lipinski definition) is 10. The zero-order valence-electron chi connectivity index (χ0n) is 22.3. The van der Waals surface area contributed by atoms with Gasteiger partial charge in [0.05, 0.1) is 23.7 Å². The zero-order valence-corrected chi connectivity index (χ0v) is 22.3. The summed E-state index contributed by atoms with van der Waals surface area (Å²) in [5.74, 6) is -2.99. The van der Waals surface area contributed by atoms with Crippen molar-refractivity contribution in [1.82, 2.24) is 0 Å². The van der Waals surface area contributed by atoms with Gasteiger partial charge in [0.25, 0.3) is 0 Å². The predicted octanol–water partition coefficient (Wildman–Crippen LogP) is 1.52. The summed E-state index contributed by atoms with van der Waals surface area (Å²) in [6.45, 7) is 4.64. The third-order valence-corrected chi connectivity index (χ3v) is 11.9. The maximum atomic E-state index is 14.2. The number of carbonyl (C=O) groups excluding carboxylic acids is 2. The predicted molar refractivity (Wildman–Crippen MR) is 131 cm³/mol. The van der Waals surface area contributed by atoms with Crippen molar-refractivity contribution >= 4 is 11.8 Å². The summed E-state index contributed by atoms with van der Waals surface area (Å²) < 4.78 is 35.9. The van der Waals surface area contributed by atoms with E-state index < -0.39 is 46.5 Å². The second kappa shape index (κ2) is 8.00. The molecule has 0 aromatic rings. The number of ketones is 1. The molecular weight excluding hydrogens is 508 g/mol. The first kappa shape index (κ1) is 25.1. The lowest BCUT2D eigenvalue weighted by Gasteiger charge is -2.63. The lowest BCUT2D eigenvalue weighted by molar-refractivity contribution is -0.422. The lowest BCUT2D eigenvalue weighted by atomic mass is 9.43. The van der Waals surface area contributed by atoms with Crippen LogP contribution in [0.2, 0.25) is 0 Å². The maximum absolute atomic E-state index is 14.2. The van der Waals surface area contributed by atoms with E-state index in [1.54, 1.807) is 6.92 Å². The summed E-state index contributed by atoms with van der Waals surface area (Å²) in [6, 6.07) is 0. The first-order valence-electron chi connectivity index (χ1n) is 14.4. The van der Waals surface area contributed by atoms with Gasteiger partial charge in [-0.15, -0.1) is 0 Å². The Morgan fingerprint density at radius 2 is 1.95 bits per heavy atom. The molecular formula is C29H36O10. The molecule has 212 valence electrons. The highest BCUT2D eigenvalue weighted by atomic mass is 16.9. The average molecular weight is 545 g/mol. The smallest absolute Gasteiger partial charge is 0.331 e. The molecule has 10 nitrogen and oxygen atoms in total. The Hall–Kier alpha value is -1.66. The van der Waals surface area contributed by atoms with E-state index in [2.05, 4.69) is 13.0 Å². The number of Topliss-reactive ketones (excluding diaryl/α,β-unsaturated/α-hetero) is 1. The van der Waals surface area contributed by atoms with Gasteiger partial charge in [0, 0.05) is 18.4 Å². The molecule has 4 heterocycles. The van der Waals surface area contributed by atoms with Gasteiger partial charge >= 0.3 is 5.97 Å². The molecule has 0 amide bonds. The minimum absolute atomic E-state index is 0.112. The van der Waals surface area contributed by atoms with Crippen molar-refractivity contribution in [1.29, 1.82) is 0 Å². The Morgan fingerprint density at radius 1 is 1.10 bits per heavy atom. The van der Waals surface area contributed by atoms with E-state index in [4.69, 9.17) is 28.4 Å². The quantitative estimate of drug-likeness (QED) is 0.370. The fourth-order valence-electron chi connectivity index (χ4n) is 9.94. The van der Waals surface area contributed by atoms with Crippen LogP contribution in [0.3, 0.4) is 0 Å². The average Bonchev–Trinajstić information content (AvgIpc) is 3.60. The van der Waals surface area contributed by atoms with E-state index in [0.29, 0.717) is 38.7 Å². The molecule has 3 saturated carbocycles. The van der Waals surface area contributed by atoms with Crippen LogP contribution in [0.4, 0.5) is 0 Å². The third-order valence-electron chi connectivity index (χ3n) is 11.9. The van der Waals surface area contributed by atoms with Crippen molar-refractivity contribution < 1.29 is 48.2 Å². The maximum Gasteiger partial charge on any atom is 0.331 e. The monoisotopic (exact) mass is 544 g/mol. The summed E-state index contributed by atoms with van der Waals surface area (Å²) in [7, 11) is 0. The second-order valence-electron chi connectivity index (χ2n) is 13.2. The molecule has 8 rings (SSSR count). The number of aliphatic hydroxyl groups excluding tert-OH is 1. The van der Waals surface area contributed by atoms with E-state index in [1.165, 1.54) is 6.08 Å². The van der Waals surface area contributed by atoms with Crippen molar-refractivity contribution in [2.75, 3.05) is 20.0 Å². The summed E-state index contributed by atoms with van der Waals surface area (Å²) in [5.41, 5.74) is -1.20. The van der Waals surface area contributed by atoms with Crippen molar-refractivity contribution in [3.8, 4) is 0 Å². The number of hydrogen-bond donors (Lipinski definition) is 2. The Balaban J connectivity index is 1.16.